The summed E-state index contributed by atoms with van der Waals surface area (Å²) in [6, 6.07) is 38.8. The molecule has 1 heteroatoms. The minimum Gasteiger partial charge on any atom is -0.0628 e. The molecule has 0 spiro atoms. The Morgan fingerprint density at radius 3 is 1.72 bits per heavy atom. The average Bonchev–Trinajstić information content (AvgIpc) is 2.70. The molecule has 0 amide bonds. The van der Waals surface area contributed by atoms with E-state index in [-0.39, 0.29) is 0 Å². The van der Waals surface area contributed by atoms with Crippen LogP contribution in [0.3, 0.4) is 0 Å². The van der Waals surface area contributed by atoms with Crippen molar-refractivity contribution in [3.05, 3.63) is 109 Å². The molecule has 0 N–H and O–H groups in total. The lowest BCUT2D eigenvalue weighted by molar-refractivity contribution is 1.12. The number of aryl methyl sites for hydroxylation is 1. The van der Waals surface area contributed by atoms with Gasteiger partial charge >= 0.3 is 0 Å². The Morgan fingerprint density at radius 2 is 1.08 bits per heavy atom. The number of rotatable bonds is 5. The van der Waals surface area contributed by atoms with Crippen molar-refractivity contribution in [3.63, 3.8) is 0 Å². The summed E-state index contributed by atoms with van der Waals surface area (Å²) in [5.74, 6) is 0. The molecule has 0 aliphatic rings. The predicted molar refractivity (Wildman–Crippen MR) is 110 cm³/mol. The molecule has 4 aromatic carbocycles. The first-order valence-corrected chi connectivity index (χ1v) is 10.6. The van der Waals surface area contributed by atoms with Gasteiger partial charge in [-0.15, -0.1) is 0 Å². The molecule has 0 aromatic heterocycles. The van der Waals surface area contributed by atoms with E-state index in [9.17, 15) is 0 Å². The number of hydrogen-bond donors (Lipinski definition) is 0. The van der Waals surface area contributed by atoms with Crippen LogP contribution in [-0.2, 0) is 6.42 Å². The number of benzene rings is 4. The maximum Gasteiger partial charge on any atom is 0.121 e. The fourth-order valence-electron chi connectivity index (χ4n) is 3.40. The first-order valence-electron chi connectivity index (χ1n) is 8.84. The summed E-state index contributed by atoms with van der Waals surface area (Å²) in [4.78, 5) is 0. The third-order valence-electron chi connectivity index (χ3n) is 4.72. The van der Waals surface area contributed by atoms with Crippen LogP contribution in [0.2, 0.25) is 6.04 Å². The van der Waals surface area contributed by atoms with Crippen molar-refractivity contribution in [1.82, 2.24) is 0 Å². The van der Waals surface area contributed by atoms with Gasteiger partial charge in [0.2, 0.25) is 0 Å². The Morgan fingerprint density at radius 1 is 0.520 bits per heavy atom. The van der Waals surface area contributed by atoms with E-state index in [1.54, 1.807) is 0 Å². The van der Waals surface area contributed by atoms with Crippen LogP contribution >= 0.6 is 0 Å². The van der Waals surface area contributed by atoms with E-state index >= 15 is 0 Å². The number of fused-ring (bicyclic) bond motifs is 1. The van der Waals surface area contributed by atoms with Crippen LogP contribution in [0.25, 0.3) is 10.8 Å². The Bertz CT molecular complexity index is 906. The van der Waals surface area contributed by atoms with Crippen LogP contribution in [0.1, 0.15) is 5.56 Å². The molecule has 0 heterocycles. The first kappa shape index (κ1) is 15.9. The zero-order valence-corrected chi connectivity index (χ0v) is 15.2. The highest BCUT2D eigenvalue weighted by atomic mass is 28.3. The van der Waals surface area contributed by atoms with Gasteiger partial charge in [-0.1, -0.05) is 114 Å². The van der Waals surface area contributed by atoms with Gasteiger partial charge in [0.15, 0.2) is 0 Å². The molecule has 4 aromatic rings. The summed E-state index contributed by atoms with van der Waals surface area (Å²) in [5.41, 5.74) is 1.44. The molecule has 4 rings (SSSR count). The van der Waals surface area contributed by atoms with Crippen LogP contribution in [0.4, 0.5) is 0 Å². The predicted octanol–water partition coefficient (Wildman–Crippen LogP) is 4.69. The summed E-state index contributed by atoms with van der Waals surface area (Å²) in [6.45, 7) is 0. The molecule has 0 aliphatic heterocycles. The number of hydrogen-bond acceptors (Lipinski definition) is 0. The van der Waals surface area contributed by atoms with Gasteiger partial charge in [-0.05, 0) is 28.8 Å². The normalized spacial score (nSPS) is 11.1. The maximum absolute atomic E-state index is 2.35. The zero-order valence-electron chi connectivity index (χ0n) is 14.2. The van der Waals surface area contributed by atoms with E-state index in [1.807, 2.05) is 0 Å². The Balaban J connectivity index is 1.60. The van der Waals surface area contributed by atoms with Gasteiger partial charge in [-0.3, -0.25) is 0 Å². The summed E-state index contributed by atoms with van der Waals surface area (Å²) in [6.07, 6.45) is 1.13. The Labute approximate surface area is 151 Å². The summed E-state index contributed by atoms with van der Waals surface area (Å²) < 4.78 is 0. The first-order chi connectivity index (χ1) is 12.4. The molecule has 0 bridgehead atoms. The Hall–Kier alpha value is -2.64. The van der Waals surface area contributed by atoms with E-state index in [4.69, 9.17) is 0 Å². The van der Waals surface area contributed by atoms with Crippen LogP contribution < -0.4 is 10.4 Å². The van der Waals surface area contributed by atoms with Crippen LogP contribution in [0, 0.1) is 0 Å². The van der Waals surface area contributed by atoms with Crippen molar-refractivity contribution in [2.24, 2.45) is 0 Å². The van der Waals surface area contributed by atoms with Crippen molar-refractivity contribution in [3.8, 4) is 0 Å². The second-order valence-corrected chi connectivity index (χ2v) is 9.00. The van der Waals surface area contributed by atoms with E-state index in [1.165, 1.54) is 32.8 Å². The fraction of sp³-hybridized carbons (Fsp3) is 0.0833. The summed E-state index contributed by atoms with van der Waals surface area (Å²) in [7, 11) is -0.750. The van der Waals surface area contributed by atoms with Crippen molar-refractivity contribution >= 4 is 29.9 Å². The lowest BCUT2D eigenvalue weighted by atomic mass is 10.1. The fourth-order valence-corrected chi connectivity index (χ4v) is 6.04. The van der Waals surface area contributed by atoms with Gasteiger partial charge in [-0.2, -0.15) is 0 Å². The third kappa shape index (κ3) is 3.72. The summed E-state index contributed by atoms with van der Waals surface area (Å²) >= 11 is 0. The molecule has 0 saturated carbocycles. The highest BCUT2D eigenvalue weighted by Gasteiger charge is 2.16. The molecule has 1 radical (unpaired) electrons. The summed E-state index contributed by atoms with van der Waals surface area (Å²) in [5, 5.41) is 5.66. The van der Waals surface area contributed by atoms with Crippen LogP contribution in [0.15, 0.2) is 103 Å². The van der Waals surface area contributed by atoms with Crippen molar-refractivity contribution in [2.75, 3.05) is 0 Å². The third-order valence-corrected chi connectivity index (χ3v) is 7.53. The molecular weight excluding hydrogens is 316 g/mol. The van der Waals surface area contributed by atoms with E-state index in [0.717, 1.165) is 6.42 Å². The molecule has 0 aliphatic carbocycles. The molecule has 0 saturated heterocycles. The molecular formula is C24H21Si. The molecule has 121 valence electrons. The van der Waals surface area contributed by atoms with Crippen molar-refractivity contribution < 1.29 is 0 Å². The van der Waals surface area contributed by atoms with Crippen LogP contribution in [-0.4, -0.2) is 8.80 Å². The molecule has 0 fully saturated rings. The van der Waals surface area contributed by atoms with E-state index < -0.39 is 8.80 Å². The van der Waals surface area contributed by atoms with Gasteiger partial charge < -0.3 is 0 Å². The van der Waals surface area contributed by atoms with Crippen LogP contribution in [0.5, 0.6) is 0 Å². The van der Waals surface area contributed by atoms with Gasteiger partial charge in [0.25, 0.3) is 0 Å². The smallest absolute Gasteiger partial charge is 0.0628 e. The maximum atomic E-state index is 2.35. The minimum atomic E-state index is -0.750. The monoisotopic (exact) mass is 337 g/mol. The molecule has 25 heavy (non-hydrogen) atoms. The SMILES string of the molecule is c1ccc([Si](CCc2ccc3ccccc3c2)c2ccccc2)cc1. The second-order valence-electron chi connectivity index (χ2n) is 6.39. The minimum absolute atomic E-state index is 0.750. The highest BCUT2D eigenvalue weighted by Crippen LogP contribution is 2.17. The average molecular weight is 338 g/mol. The topological polar surface area (TPSA) is 0 Å². The molecule has 0 nitrogen and oxygen atoms in total. The molecule has 0 atom stereocenters. The highest BCUT2D eigenvalue weighted by molar-refractivity contribution is 6.85. The zero-order chi connectivity index (χ0) is 16.9. The standard InChI is InChI=1S/C24H21Si/c1-3-11-23(12-4-1)25(24-13-5-2-6-14-24)18-17-20-15-16-21-9-7-8-10-22(21)19-20/h1-16,19H,17-18H2. The van der Waals surface area contributed by atoms with Gasteiger partial charge in [0.05, 0.1) is 0 Å². The van der Waals surface area contributed by atoms with E-state index in [0.29, 0.717) is 0 Å². The van der Waals surface area contributed by atoms with E-state index in [2.05, 4.69) is 103 Å². The lowest BCUT2D eigenvalue weighted by Crippen LogP contribution is -2.42. The lowest BCUT2D eigenvalue weighted by Gasteiger charge is -2.16. The Kier molecular flexibility index (Phi) is 4.76. The quantitative estimate of drug-likeness (QED) is 0.463. The van der Waals surface area contributed by atoms with Crippen molar-refractivity contribution in [2.45, 2.75) is 12.5 Å². The van der Waals surface area contributed by atoms with Gasteiger partial charge in [-0.25, -0.2) is 0 Å². The van der Waals surface area contributed by atoms with Gasteiger partial charge in [0, 0.05) is 0 Å². The van der Waals surface area contributed by atoms with Crippen molar-refractivity contribution in [1.29, 1.82) is 0 Å². The largest absolute Gasteiger partial charge is 0.121 e. The van der Waals surface area contributed by atoms with Gasteiger partial charge in [0.1, 0.15) is 8.80 Å². The second kappa shape index (κ2) is 7.50. The molecule has 0 unspecified atom stereocenters.